The van der Waals surface area contributed by atoms with Gasteiger partial charge in [0.25, 0.3) is 11.8 Å². The molecule has 0 aliphatic heterocycles. The van der Waals surface area contributed by atoms with Crippen molar-refractivity contribution in [1.82, 2.24) is 8.75 Å². The van der Waals surface area contributed by atoms with Crippen molar-refractivity contribution >= 4 is 68.9 Å². The van der Waals surface area contributed by atoms with Gasteiger partial charge in [-0.2, -0.15) is 8.75 Å². The minimum Gasteiger partial charge on any atom is -0.465 e. The lowest BCUT2D eigenvalue weighted by molar-refractivity contribution is 0.0581. The second kappa shape index (κ2) is 13.1. The normalized spacial score (nSPS) is 10.3. The average molecular weight is 559 g/mol. The first kappa shape index (κ1) is 29.1. The number of carbonyl (C=O) groups excluding carboxylic acids is 4. The van der Waals surface area contributed by atoms with Crippen molar-refractivity contribution in [2.45, 2.75) is 8.42 Å². The summed E-state index contributed by atoms with van der Waals surface area (Å²) in [6.07, 6.45) is 0.630. The lowest BCUT2D eigenvalue weighted by Gasteiger charge is -2.02. The molecule has 2 aromatic rings. The largest absolute Gasteiger partial charge is 0.514 e. The number of esters is 2. The number of nitrogens with zero attached hydrogens (tertiary/aromatic N) is 2. The molecule has 0 N–H and O–H groups in total. The second-order valence-electron chi connectivity index (χ2n) is 5.37. The van der Waals surface area contributed by atoms with Crippen molar-refractivity contribution in [2.75, 3.05) is 41.0 Å². The van der Waals surface area contributed by atoms with Crippen molar-refractivity contribution in [1.29, 1.82) is 0 Å². The van der Waals surface area contributed by atoms with Crippen LogP contribution in [0.15, 0.2) is 8.42 Å². The standard InChI is InChI=1S/C8H9NO7S2.C8H9NO5S2/c1-14-6(10)4-5(16-8(11)15-2)9-17-7(4)18(3,12)13;1-12-6(10)4-5(14-8(11)13-2)9-16-7(4)15-3/h1-3H3;1-3H3. The zero-order chi connectivity index (χ0) is 26.1. The maximum Gasteiger partial charge on any atom is 0.514 e. The molecule has 14 nitrogen and oxygen atoms in total. The van der Waals surface area contributed by atoms with Crippen LogP contribution in [0.3, 0.4) is 0 Å². The molecule has 0 saturated heterocycles. The van der Waals surface area contributed by atoms with Crippen LogP contribution in [0.4, 0.5) is 9.59 Å². The van der Waals surface area contributed by atoms with Gasteiger partial charge in [0.1, 0.15) is 5.56 Å². The fourth-order valence-electron chi connectivity index (χ4n) is 1.84. The molecule has 0 radical (unpaired) electrons. The number of hydrogen-bond donors (Lipinski definition) is 0. The molecular weight excluding hydrogens is 540 g/mol. The van der Waals surface area contributed by atoms with Gasteiger partial charge in [-0.15, -0.1) is 11.8 Å². The average Bonchev–Trinajstić information content (AvgIpc) is 3.42. The Morgan fingerprint density at radius 1 is 0.765 bits per heavy atom. The van der Waals surface area contributed by atoms with Gasteiger partial charge < -0.3 is 28.4 Å². The first-order valence-corrected chi connectivity index (χ1v) is 13.0. The van der Waals surface area contributed by atoms with E-state index in [2.05, 4.69) is 32.4 Å². The van der Waals surface area contributed by atoms with E-state index in [0.29, 0.717) is 15.7 Å². The molecule has 2 aromatic heterocycles. The Labute approximate surface area is 205 Å². The molecule has 0 spiro atoms. The molecular formula is C16H18N2O12S4. The molecule has 0 fully saturated rings. The fraction of sp³-hybridized carbons (Fsp3) is 0.375. The Balaban J connectivity index is 0.000000342. The van der Waals surface area contributed by atoms with E-state index in [1.165, 1.54) is 26.0 Å². The number of carbonyl (C=O) groups is 4. The van der Waals surface area contributed by atoms with E-state index in [4.69, 9.17) is 4.74 Å². The van der Waals surface area contributed by atoms with Crippen LogP contribution in [-0.4, -0.2) is 82.4 Å². The Morgan fingerprint density at radius 2 is 1.21 bits per heavy atom. The maximum absolute atomic E-state index is 11.5. The number of sulfone groups is 1. The molecule has 0 amide bonds. The van der Waals surface area contributed by atoms with E-state index < -0.39 is 45.5 Å². The topological polar surface area (TPSA) is 184 Å². The SMILES string of the molecule is COC(=O)Oc1nsc(S(C)(=O)=O)c1C(=O)OC.COC(=O)Oc1nsc(SC)c1C(=O)OC. The van der Waals surface area contributed by atoms with Crippen LogP contribution >= 0.6 is 34.8 Å². The summed E-state index contributed by atoms with van der Waals surface area (Å²) in [6.45, 7) is 0. The van der Waals surface area contributed by atoms with Gasteiger partial charge in [-0.3, -0.25) is 0 Å². The Hall–Kier alpha value is -2.96. The summed E-state index contributed by atoms with van der Waals surface area (Å²) >= 11 is 2.88. The third-order valence-corrected chi connectivity index (χ3v) is 7.82. The molecule has 0 saturated carbocycles. The van der Waals surface area contributed by atoms with Gasteiger partial charge in [0, 0.05) is 6.26 Å². The summed E-state index contributed by atoms with van der Waals surface area (Å²) in [6, 6.07) is 0. The van der Waals surface area contributed by atoms with Crippen LogP contribution in [0.1, 0.15) is 20.7 Å². The van der Waals surface area contributed by atoms with Crippen LogP contribution in [0, 0.1) is 0 Å². The van der Waals surface area contributed by atoms with Crippen molar-refractivity contribution in [3.63, 3.8) is 0 Å². The zero-order valence-electron chi connectivity index (χ0n) is 18.4. The van der Waals surface area contributed by atoms with Gasteiger partial charge >= 0.3 is 24.2 Å². The maximum atomic E-state index is 11.5. The van der Waals surface area contributed by atoms with E-state index in [-0.39, 0.29) is 15.7 Å². The second-order valence-corrected chi connectivity index (χ2v) is 10.2. The number of ether oxygens (including phenoxy) is 6. The summed E-state index contributed by atoms with van der Waals surface area (Å²) in [4.78, 5) is 44.7. The number of methoxy groups -OCH3 is 4. The molecule has 34 heavy (non-hydrogen) atoms. The highest BCUT2D eigenvalue weighted by Crippen LogP contribution is 2.33. The molecule has 0 aliphatic carbocycles. The van der Waals surface area contributed by atoms with Gasteiger partial charge in [0.2, 0.25) is 0 Å². The Morgan fingerprint density at radius 3 is 1.62 bits per heavy atom. The van der Waals surface area contributed by atoms with E-state index >= 15 is 0 Å². The van der Waals surface area contributed by atoms with Crippen molar-refractivity contribution < 1.29 is 56.0 Å². The molecule has 0 aromatic carbocycles. The first-order valence-electron chi connectivity index (χ1n) is 8.36. The first-order chi connectivity index (χ1) is 15.9. The molecule has 18 heteroatoms. The molecule has 0 aliphatic rings. The predicted octanol–water partition coefficient (Wildman–Crippen LogP) is 2.28. The van der Waals surface area contributed by atoms with Crippen LogP contribution in [0.2, 0.25) is 0 Å². The quantitative estimate of drug-likeness (QED) is 0.285. The van der Waals surface area contributed by atoms with Crippen molar-refractivity contribution in [3.05, 3.63) is 11.1 Å². The highest BCUT2D eigenvalue weighted by molar-refractivity contribution is 8.00. The van der Waals surface area contributed by atoms with Gasteiger partial charge in [-0.1, -0.05) is 0 Å². The summed E-state index contributed by atoms with van der Waals surface area (Å²) in [5.41, 5.74) is -0.277. The van der Waals surface area contributed by atoms with Gasteiger partial charge in [0.15, 0.2) is 19.6 Å². The monoisotopic (exact) mass is 558 g/mol. The minimum absolute atomic E-state index is 0.0898. The predicted molar refractivity (Wildman–Crippen MR) is 118 cm³/mol. The molecule has 0 bridgehead atoms. The summed E-state index contributed by atoms with van der Waals surface area (Å²) in [5.74, 6) is -2.12. The van der Waals surface area contributed by atoms with E-state index in [1.807, 2.05) is 0 Å². The third kappa shape index (κ3) is 7.54. The van der Waals surface area contributed by atoms with Crippen LogP contribution in [-0.2, 0) is 28.8 Å². The fourth-order valence-corrected chi connectivity index (χ4v) is 4.93. The lowest BCUT2D eigenvalue weighted by Crippen LogP contribution is -2.13. The van der Waals surface area contributed by atoms with Crippen LogP contribution < -0.4 is 9.47 Å². The molecule has 0 unspecified atom stereocenters. The molecule has 0 atom stereocenters. The third-order valence-electron chi connectivity index (χ3n) is 3.25. The van der Waals surface area contributed by atoms with Crippen molar-refractivity contribution in [3.8, 4) is 11.8 Å². The van der Waals surface area contributed by atoms with Crippen LogP contribution in [0.5, 0.6) is 11.8 Å². The van der Waals surface area contributed by atoms with Crippen LogP contribution in [0.25, 0.3) is 0 Å². The molecule has 2 rings (SSSR count). The number of thioether (sulfide) groups is 1. The van der Waals surface area contributed by atoms with Gasteiger partial charge in [0.05, 0.1) is 32.6 Å². The number of rotatable bonds is 6. The highest BCUT2D eigenvalue weighted by atomic mass is 32.2. The zero-order valence-corrected chi connectivity index (χ0v) is 21.7. The van der Waals surface area contributed by atoms with E-state index in [9.17, 15) is 27.6 Å². The minimum atomic E-state index is -3.69. The lowest BCUT2D eigenvalue weighted by atomic mass is 10.3. The number of aromatic nitrogens is 2. The Kier molecular flexibility index (Phi) is 11.2. The highest BCUT2D eigenvalue weighted by Gasteiger charge is 2.30. The van der Waals surface area contributed by atoms with E-state index in [0.717, 1.165) is 32.0 Å². The molecule has 2 heterocycles. The molecule has 188 valence electrons. The van der Waals surface area contributed by atoms with Gasteiger partial charge in [-0.05, 0) is 29.3 Å². The van der Waals surface area contributed by atoms with Crippen molar-refractivity contribution in [2.24, 2.45) is 0 Å². The summed E-state index contributed by atoms with van der Waals surface area (Å²) in [7, 11) is 0.847. The summed E-state index contributed by atoms with van der Waals surface area (Å²) in [5, 5.41) is 0. The van der Waals surface area contributed by atoms with Gasteiger partial charge in [-0.25, -0.2) is 27.6 Å². The smallest absolute Gasteiger partial charge is 0.465 e. The Bertz CT molecular complexity index is 1150. The van der Waals surface area contributed by atoms with E-state index in [1.54, 1.807) is 6.26 Å². The number of hydrogen-bond acceptors (Lipinski definition) is 17. The summed E-state index contributed by atoms with van der Waals surface area (Å²) < 4.78 is 57.4.